The maximum atomic E-state index is 5.60. The van der Waals surface area contributed by atoms with Crippen LogP contribution < -0.4 is 11.5 Å². The lowest BCUT2D eigenvalue weighted by molar-refractivity contribution is 1.43. The molecule has 0 bridgehead atoms. The highest BCUT2D eigenvalue weighted by Crippen LogP contribution is 2.23. The fraction of sp³-hybridized carbons (Fsp3) is 0.250. The van der Waals surface area contributed by atoms with Crippen LogP contribution in [-0.2, 0) is 0 Å². The molecule has 0 unspecified atom stereocenters. The van der Waals surface area contributed by atoms with Crippen molar-refractivity contribution in [3.63, 3.8) is 0 Å². The van der Waals surface area contributed by atoms with Gasteiger partial charge < -0.3 is 11.5 Å². The van der Waals surface area contributed by atoms with E-state index < -0.39 is 0 Å². The molecular weight excluding hydrogens is 156 g/mol. The number of anilines is 2. The zero-order valence-corrected chi connectivity index (χ0v) is 7.32. The Morgan fingerprint density at radius 2 is 1.73 bits per heavy atom. The van der Waals surface area contributed by atoms with Gasteiger partial charge in [0.05, 0.1) is 0 Å². The van der Waals surface area contributed by atoms with E-state index in [4.69, 9.17) is 11.5 Å². The van der Waals surface area contributed by atoms with Gasteiger partial charge in [0.15, 0.2) is 0 Å². The minimum atomic E-state index is 0.737. The summed E-state index contributed by atoms with van der Waals surface area (Å²) in [5.41, 5.74) is 12.7. The summed E-state index contributed by atoms with van der Waals surface area (Å²) < 4.78 is 0. The quantitative estimate of drug-likeness (QED) is 0.524. The van der Waals surface area contributed by atoms with Gasteiger partial charge in [-0.3, -0.25) is 0 Å². The van der Waals surface area contributed by atoms with Gasteiger partial charge in [-0.1, -0.05) is 6.92 Å². The maximum Gasteiger partial charge on any atom is 0.0345 e. The van der Waals surface area contributed by atoms with E-state index in [-0.39, 0.29) is 0 Å². The van der Waals surface area contributed by atoms with Crippen LogP contribution in [0.1, 0.15) is 6.92 Å². The van der Waals surface area contributed by atoms with Crippen molar-refractivity contribution >= 4 is 23.1 Å². The first-order chi connectivity index (χ1) is 5.22. The summed E-state index contributed by atoms with van der Waals surface area (Å²) >= 11 is 1.74. The summed E-state index contributed by atoms with van der Waals surface area (Å²) in [6, 6.07) is 5.63. The van der Waals surface area contributed by atoms with Crippen molar-refractivity contribution in [2.75, 3.05) is 17.2 Å². The van der Waals surface area contributed by atoms with Gasteiger partial charge in [0, 0.05) is 16.3 Å². The lowest BCUT2D eigenvalue weighted by Crippen LogP contribution is -1.90. The molecule has 4 N–H and O–H groups in total. The maximum absolute atomic E-state index is 5.60. The van der Waals surface area contributed by atoms with E-state index in [2.05, 4.69) is 6.92 Å². The number of nitrogens with two attached hydrogens (primary N) is 2. The Morgan fingerprint density at radius 1 is 1.18 bits per heavy atom. The lowest BCUT2D eigenvalue weighted by atomic mass is 10.3. The molecule has 0 atom stereocenters. The zero-order chi connectivity index (χ0) is 8.27. The summed E-state index contributed by atoms with van der Waals surface area (Å²) in [7, 11) is 0. The molecule has 11 heavy (non-hydrogen) atoms. The highest BCUT2D eigenvalue weighted by Gasteiger charge is 1.94. The molecule has 0 spiro atoms. The van der Waals surface area contributed by atoms with E-state index in [1.54, 1.807) is 17.8 Å². The van der Waals surface area contributed by atoms with Crippen LogP contribution in [0.5, 0.6) is 0 Å². The Morgan fingerprint density at radius 3 is 2.18 bits per heavy atom. The average Bonchev–Trinajstić information content (AvgIpc) is 1.85. The Kier molecular flexibility index (Phi) is 2.65. The van der Waals surface area contributed by atoms with E-state index in [0.29, 0.717) is 0 Å². The average molecular weight is 168 g/mol. The first kappa shape index (κ1) is 8.27. The molecule has 1 rings (SSSR count). The van der Waals surface area contributed by atoms with Crippen molar-refractivity contribution in [2.45, 2.75) is 11.8 Å². The summed E-state index contributed by atoms with van der Waals surface area (Å²) in [5.74, 6) is 1.04. The van der Waals surface area contributed by atoms with Crippen LogP contribution in [0.2, 0.25) is 0 Å². The van der Waals surface area contributed by atoms with Crippen LogP contribution in [0.4, 0.5) is 11.4 Å². The molecule has 0 amide bonds. The molecule has 0 heterocycles. The summed E-state index contributed by atoms with van der Waals surface area (Å²) in [5, 5.41) is 0. The largest absolute Gasteiger partial charge is 0.399 e. The number of benzene rings is 1. The van der Waals surface area contributed by atoms with Gasteiger partial charge in [-0.2, -0.15) is 0 Å². The molecule has 0 aliphatic carbocycles. The van der Waals surface area contributed by atoms with Crippen LogP contribution in [-0.4, -0.2) is 5.75 Å². The van der Waals surface area contributed by atoms with Crippen molar-refractivity contribution in [1.82, 2.24) is 0 Å². The van der Waals surface area contributed by atoms with Crippen LogP contribution in [0.25, 0.3) is 0 Å². The summed E-state index contributed by atoms with van der Waals surface area (Å²) in [4.78, 5) is 1.14. The molecule has 2 nitrogen and oxygen atoms in total. The second-order valence-electron chi connectivity index (χ2n) is 2.27. The summed E-state index contributed by atoms with van der Waals surface area (Å²) in [6.07, 6.45) is 0. The van der Waals surface area contributed by atoms with Crippen molar-refractivity contribution in [1.29, 1.82) is 0 Å². The van der Waals surface area contributed by atoms with Gasteiger partial charge in [-0.05, 0) is 24.0 Å². The van der Waals surface area contributed by atoms with Gasteiger partial charge in [-0.15, -0.1) is 11.8 Å². The predicted octanol–water partition coefficient (Wildman–Crippen LogP) is 1.96. The fourth-order valence-corrected chi connectivity index (χ4v) is 1.67. The van der Waals surface area contributed by atoms with Gasteiger partial charge in [0.25, 0.3) is 0 Å². The molecule has 0 aliphatic heterocycles. The smallest absolute Gasteiger partial charge is 0.0345 e. The Bertz CT molecular complexity index is 228. The molecule has 1 aromatic rings. The highest BCUT2D eigenvalue weighted by molar-refractivity contribution is 7.99. The van der Waals surface area contributed by atoms with E-state index in [1.807, 2.05) is 12.1 Å². The Labute approximate surface area is 71.0 Å². The molecule has 0 fully saturated rings. The van der Waals surface area contributed by atoms with Crippen molar-refractivity contribution in [3.8, 4) is 0 Å². The molecule has 1 aromatic carbocycles. The number of nitrogen functional groups attached to an aromatic ring is 2. The number of rotatable bonds is 2. The first-order valence-electron chi connectivity index (χ1n) is 3.51. The van der Waals surface area contributed by atoms with Crippen LogP contribution in [0.15, 0.2) is 23.1 Å². The van der Waals surface area contributed by atoms with Crippen LogP contribution >= 0.6 is 11.8 Å². The number of hydrogen-bond acceptors (Lipinski definition) is 3. The van der Waals surface area contributed by atoms with E-state index >= 15 is 0 Å². The van der Waals surface area contributed by atoms with Crippen molar-refractivity contribution in [2.24, 2.45) is 0 Å². The topological polar surface area (TPSA) is 52.0 Å². The normalized spacial score (nSPS) is 9.91. The third-order valence-electron chi connectivity index (χ3n) is 1.26. The zero-order valence-electron chi connectivity index (χ0n) is 6.50. The molecule has 0 radical (unpaired) electrons. The molecule has 0 saturated carbocycles. The second-order valence-corrected chi connectivity index (χ2v) is 3.61. The Balaban J connectivity index is 2.89. The van der Waals surface area contributed by atoms with Crippen LogP contribution in [0, 0.1) is 0 Å². The minimum absolute atomic E-state index is 0.737. The molecule has 0 aromatic heterocycles. The molecule has 0 aliphatic rings. The SMILES string of the molecule is CCSc1cc(N)cc(N)c1. The molecule has 0 saturated heterocycles. The lowest BCUT2D eigenvalue weighted by Gasteiger charge is -2.01. The summed E-state index contributed by atoms with van der Waals surface area (Å²) in [6.45, 7) is 2.10. The van der Waals surface area contributed by atoms with Gasteiger partial charge in [0.1, 0.15) is 0 Å². The standard InChI is InChI=1S/C8H12N2S/c1-2-11-8-4-6(9)3-7(10)5-8/h3-5H,2,9-10H2,1H3. The molecular formula is C8H12N2S. The fourth-order valence-electron chi connectivity index (χ4n) is 0.896. The van der Waals surface area contributed by atoms with E-state index in [9.17, 15) is 0 Å². The second kappa shape index (κ2) is 3.53. The minimum Gasteiger partial charge on any atom is -0.399 e. The molecule has 3 heteroatoms. The Hall–Kier alpha value is -0.830. The molecule has 60 valence electrons. The van der Waals surface area contributed by atoms with Gasteiger partial charge >= 0.3 is 0 Å². The highest BCUT2D eigenvalue weighted by atomic mass is 32.2. The van der Waals surface area contributed by atoms with E-state index in [1.165, 1.54) is 0 Å². The van der Waals surface area contributed by atoms with E-state index in [0.717, 1.165) is 22.0 Å². The predicted molar refractivity (Wildman–Crippen MR) is 51.7 cm³/mol. The number of thioether (sulfide) groups is 1. The van der Waals surface area contributed by atoms with Crippen molar-refractivity contribution < 1.29 is 0 Å². The monoisotopic (exact) mass is 168 g/mol. The first-order valence-corrected chi connectivity index (χ1v) is 4.49. The number of hydrogen-bond donors (Lipinski definition) is 2. The van der Waals surface area contributed by atoms with Gasteiger partial charge in [0.2, 0.25) is 0 Å². The van der Waals surface area contributed by atoms with Crippen LogP contribution in [0.3, 0.4) is 0 Å². The third-order valence-corrected chi connectivity index (χ3v) is 2.12. The van der Waals surface area contributed by atoms with Crippen molar-refractivity contribution in [3.05, 3.63) is 18.2 Å². The third kappa shape index (κ3) is 2.35. The van der Waals surface area contributed by atoms with Gasteiger partial charge in [-0.25, -0.2) is 0 Å².